The number of ether oxygens (including phenoxy) is 1. The molecule has 2 nitrogen and oxygen atoms in total. The van der Waals surface area contributed by atoms with E-state index in [9.17, 15) is 4.79 Å². The van der Waals surface area contributed by atoms with E-state index in [1.807, 2.05) is 20.8 Å². The summed E-state index contributed by atoms with van der Waals surface area (Å²) in [4.78, 5) is 11.6. The van der Waals surface area contributed by atoms with Gasteiger partial charge in [-0.05, 0) is 12.1 Å². The maximum absolute atomic E-state index is 11.6. The Morgan fingerprint density at radius 1 is 1.31 bits per heavy atom. The minimum Gasteiger partial charge on any atom is -0.484 e. The molecule has 0 spiro atoms. The van der Waals surface area contributed by atoms with E-state index in [1.54, 1.807) is 18.2 Å². The second kappa shape index (κ2) is 5.07. The first-order valence-electron chi connectivity index (χ1n) is 4.92. The van der Waals surface area contributed by atoms with Crippen molar-refractivity contribution in [2.24, 2.45) is 5.41 Å². The summed E-state index contributed by atoms with van der Waals surface area (Å²) in [5.74, 6) is 0.454. The summed E-state index contributed by atoms with van der Waals surface area (Å²) in [5.41, 5.74) is -0.412. The van der Waals surface area contributed by atoms with Gasteiger partial charge in [-0.15, -0.1) is 0 Å². The third-order valence-electron chi connectivity index (χ3n) is 2.09. The van der Waals surface area contributed by atoms with Crippen LogP contribution in [0, 0.1) is 5.41 Å². The van der Waals surface area contributed by atoms with Crippen molar-refractivity contribution in [2.45, 2.75) is 20.8 Å². The molecule has 0 aliphatic rings. The van der Waals surface area contributed by atoms with Gasteiger partial charge < -0.3 is 4.74 Å². The molecular weight excluding hydrogens is 247 g/mol. The molecule has 0 fully saturated rings. The smallest absolute Gasteiger partial charge is 0.175 e. The molecule has 0 radical (unpaired) electrons. The Morgan fingerprint density at radius 3 is 2.50 bits per heavy atom. The van der Waals surface area contributed by atoms with Gasteiger partial charge >= 0.3 is 0 Å². The molecule has 0 bridgehead atoms. The van der Waals surface area contributed by atoms with Crippen molar-refractivity contribution in [3.8, 4) is 5.75 Å². The highest BCUT2D eigenvalue weighted by Gasteiger charge is 2.21. The lowest BCUT2D eigenvalue weighted by Gasteiger charge is -2.17. The van der Waals surface area contributed by atoms with Crippen molar-refractivity contribution in [3.63, 3.8) is 0 Å². The Kier molecular flexibility index (Phi) is 4.22. The predicted octanol–water partition coefficient (Wildman–Crippen LogP) is 3.99. The maximum Gasteiger partial charge on any atom is 0.175 e. The van der Waals surface area contributed by atoms with Gasteiger partial charge in [-0.1, -0.05) is 44.0 Å². The number of carbonyl (C=O) groups excluding carboxylic acids is 1. The number of hydrogen-bond acceptors (Lipinski definition) is 2. The molecule has 1 aromatic rings. The number of ketones is 1. The Bertz CT molecular complexity index is 394. The highest BCUT2D eigenvalue weighted by Crippen LogP contribution is 2.28. The van der Waals surface area contributed by atoms with Gasteiger partial charge in [0.25, 0.3) is 0 Å². The van der Waals surface area contributed by atoms with E-state index in [0.29, 0.717) is 15.8 Å². The number of rotatable bonds is 3. The Labute approximate surface area is 106 Å². The van der Waals surface area contributed by atoms with Crippen molar-refractivity contribution in [1.82, 2.24) is 0 Å². The topological polar surface area (TPSA) is 26.3 Å². The van der Waals surface area contributed by atoms with Crippen molar-refractivity contribution in [1.29, 1.82) is 0 Å². The van der Waals surface area contributed by atoms with Gasteiger partial charge in [0, 0.05) is 16.5 Å². The molecule has 1 aromatic carbocycles. The maximum atomic E-state index is 11.6. The van der Waals surface area contributed by atoms with Crippen LogP contribution in [-0.4, -0.2) is 12.4 Å². The van der Waals surface area contributed by atoms with Crippen molar-refractivity contribution >= 4 is 29.0 Å². The van der Waals surface area contributed by atoms with Crippen LogP contribution in [0.2, 0.25) is 10.0 Å². The van der Waals surface area contributed by atoms with Crippen LogP contribution in [0.25, 0.3) is 0 Å². The van der Waals surface area contributed by atoms with Crippen LogP contribution in [0.1, 0.15) is 20.8 Å². The molecule has 4 heteroatoms. The van der Waals surface area contributed by atoms with Crippen LogP contribution in [0.4, 0.5) is 0 Å². The van der Waals surface area contributed by atoms with Crippen LogP contribution >= 0.6 is 23.2 Å². The minimum absolute atomic E-state index is 0.00353. The van der Waals surface area contributed by atoms with E-state index in [1.165, 1.54) is 0 Å². The lowest BCUT2D eigenvalue weighted by Crippen LogP contribution is -2.26. The fourth-order valence-corrected chi connectivity index (χ4v) is 1.28. The number of benzene rings is 1. The summed E-state index contributed by atoms with van der Waals surface area (Å²) in [5, 5.41) is 0.980. The summed E-state index contributed by atoms with van der Waals surface area (Å²) < 4.78 is 5.34. The average Bonchev–Trinajstić information content (AvgIpc) is 2.17. The molecule has 88 valence electrons. The van der Waals surface area contributed by atoms with Crippen molar-refractivity contribution in [2.75, 3.05) is 6.61 Å². The first-order chi connectivity index (χ1) is 7.30. The van der Waals surface area contributed by atoms with E-state index in [4.69, 9.17) is 27.9 Å². The quantitative estimate of drug-likeness (QED) is 0.822. The lowest BCUT2D eigenvalue weighted by molar-refractivity contribution is -0.128. The molecule has 0 unspecified atom stereocenters. The van der Waals surface area contributed by atoms with Gasteiger partial charge in [0.1, 0.15) is 12.4 Å². The number of Topliss-reactive ketones (excluding diaryl/α,β-unsaturated/α-hetero) is 1. The zero-order valence-electron chi connectivity index (χ0n) is 9.51. The molecule has 1 rings (SSSR count). The fraction of sp³-hybridized carbons (Fsp3) is 0.417. The highest BCUT2D eigenvalue weighted by molar-refractivity contribution is 6.34. The highest BCUT2D eigenvalue weighted by atomic mass is 35.5. The fourth-order valence-electron chi connectivity index (χ4n) is 0.948. The first kappa shape index (κ1) is 13.3. The predicted molar refractivity (Wildman–Crippen MR) is 66.4 cm³/mol. The number of carbonyl (C=O) groups is 1. The van der Waals surface area contributed by atoms with Gasteiger partial charge in [0.05, 0.1) is 5.02 Å². The monoisotopic (exact) mass is 260 g/mol. The van der Waals surface area contributed by atoms with E-state index >= 15 is 0 Å². The minimum atomic E-state index is -0.412. The average molecular weight is 261 g/mol. The number of hydrogen-bond donors (Lipinski definition) is 0. The Hall–Kier alpha value is -0.730. The molecule has 0 saturated carbocycles. The standard InChI is InChI=1S/C12H14Cl2O2/c1-12(2,3)11(15)7-16-10-6-8(13)4-5-9(10)14/h4-6H,7H2,1-3H3. The Balaban J connectivity index is 2.68. The summed E-state index contributed by atoms with van der Waals surface area (Å²) in [6.45, 7) is 5.54. The molecule has 0 saturated heterocycles. The molecule has 0 aromatic heterocycles. The zero-order valence-corrected chi connectivity index (χ0v) is 11.0. The van der Waals surface area contributed by atoms with Crippen molar-refractivity contribution in [3.05, 3.63) is 28.2 Å². The van der Waals surface area contributed by atoms with Gasteiger partial charge in [-0.2, -0.15) is 0 Å². The summed E-state index contributed by atoms with van der Waals surface area (Å²) in [7, 11) is 0. The van der Waals surface area contributed by atoms with Crippen LogP contribution < -0.4 is 4.74 Å². The second-order valence-corrected chi connectivity index (χ2v) is 5.38. The van der Waals surface area contributed by atoms with Gasteiger partial charge in [-0.25, -0.2) is 0 Å². The largest absolute Gasteiger partial charge is 0.484 e. The van der Waals surface area contributed by atoms with E-state index in [0.717, 1.165) is 0 Å². The Morgan fingerprint density at radius 2 is 1.94 bits per heavy atom. The van der Waals surface area contributed by atoms with Crippen LogP contribution in [0.5, 0.6) is 5.75 Å². The third kappa shape index (κ3) is 3.69. The molecule has 0 N–H and O–H groups in total. The van der Waals surface area contributed by atoms with Gasteiger partial charge in [0.2, 0.25) is 0 Å². The van der Waals surface area contributed by atoms with Gasteiger partial charge in [-0.3, -0.25) is 4.79 Å². The molecular formula is C12H14Cl2O2. The molecule has 0 heterocycles. The van der Waals surface area contributed by atoms with E-state index in [-0.39, 0.29) is 12.4 Å². The summed E-state index contributed by atoms with van der Waals surface area (Å²) in [6, 6.07) is 4.91. The summed E-state index contributed by atoms with van der Waals surface area (Å²) >= 11 is 11.7. The van der Waals surface area contributed by atoms with Crippen LogP contribution in [0.15, 0.2) is 18.2 Å². The molecule has 0 atom stereocenters. The molecule has 0 amide bonds. The zero-order chi connectivity index (χ0) is 12.3. The SMILES string of the molecule is CC(C)(C)C(=O)COc1cc(Cl)ccc1Cl. The van der Waals surface area contributed by atoms with Crippen molar-refractivity contribution < 1.29 is 9.53 Å². The van der Waals surface area contributed by atoms with E-state index in [2.05, 4.69) is 0 Å². The van der Waals surface area contributed by atoms with Crippen LogP contribution in [0.3, 0.4) is 0 Å². The lowest BCUT2D eigenvalue weighted by atomic mass is 9.91. The second-order valence-electron chi connectivity index (χ2n) is 4.54. The summed E-state index contributed by atoms with van der Waals surface area (Å²) in [6.07, 6.45) is 0. The third-order valence-corrected chi connectivity index (χ3v) is 2.64. The number of halogens is 2. The molecule has 0 aliphatic carbocycles. The van der Waals surface area contributed by atoms with Crippen LogP contribution in [-0.2, 0) is 4.79 Å². The molecule has 0 aliphatic heterocycles. The van der Waals surface area contributed by atoms with E-state index < -0.39 is 5.41 Å². The first-order valence-corrected chi connectivity index (χ1v) is 5.67. The normalized spacial score (nSPS) is 11.3. The molecule has 16 heavy (non-hydrogen) atoms. The van der Waals surface area contributed by atoms with Gasteiger partial charge in [0.15, 0.2) is 5.78 Å².